The van der Waals surface area contributed by atoms with Crippen LogP contribution in [-0.4, -0.2) is 55.3 Å². The number of hydrogen-bond acceptors (Lipinski definition) is 7. The van der Waals surface area contributed by atoms with E-state index in [2.05, 4.69) is 15.3 Å². The van der Waals surface area contributed by atoms with Gasteiger partial charge in [0.05, 0.1) is 13.7 Å². The molecule has 0 bridgehead atoms. The van der Waals surface area contributed by atoms with Crippen LogP contribution in [0.5, 0.6) is 5.88 Å². The summed E-state index contributed by atoms with van der Waals surface area (Å²) in [5.41, 5.74) is 0. The van der Waals surface area contributed by atoms with Gasteiger partial charge in [0.1, 0.15) is 18.2 Å². The van der Waals surface area contributed by atoms with Gasteiger partial charge in [-0.3, -0.25) is 0 Å². The van der Waals surface area contributed by atoms with Crippen molar-refractivity contribution in [2.24, 2.45) is 0 Å². The molecule has 0 spiro atoms. The molecule has 7 heteroatoms. The first-order chi connectivity index (χ1) is 9.26. The fraction of sp³-hybridized carbons (Fsp3) is 0.583. The third-order valence-electron chi connectivity index (χ3n) is 2.93. The fourth-order valence-corrected chi connectivity index (χ4v) is 2.03. The van der Waals surface area contributed by atoms with Gasteiger partial charge in [-0.15, -0.1) is 0 Å². The highest BCUT2D eigenvalue weighted by atomic mass is 16.5. The lowest BCUT2D eigenvalue weighted by molar-refractivity contribution is -0.144. The molecule has 2 rings (SSSR count). The van der Waals surface area contributed by atoms with Crippen molar-refractivity contribution < 1.29 is 14.3 Å². The number of methoxy groups -OCH3 is 1. The number of hydrogen-bond donors (Lipinski definition) is 1. The average Bonchev–Trinajstić information content (AvgIpc) is 2.47. The van der Waals surface area contributed by atoms with Crippen LogP contribution >= 0.6 is 0 Å². The second kappa shape index (κ2) is 6.33. The molecule has 0 aromatic carbocycles. The summed E-state index contributed by atoms with van der Waals surface area (Å²) in [6.45, 7) is 4.19. The normalized spacial score (nSPS) is 19.1. The highest BCUT2D eigenvalue weighted by molar-refractivity contribution is 5.80. The van der Waals surface area contributed by atoms with Crippen molar-refractivity contribution in [2.75, 3.05) is 38.3 Å². The Hall–Kier alpha value is -1.89. The minimum atomic E-state index is -0.367. The lowest BCUT2D eigenvalue weighted by Gasteiger charge is -2.35. The zero-order valence-corrected chi connectivity index (χ0v) is 11.1. The Labute approximate surface area is 111 Å². The Balaban J connectivity index is 2.20. The van der Waals surface area contributed by atoms with E-state index < -0.39 is 0 Å². The standard InChI is InChI=1S/C12H18N4O3/c1-3-19-12(17)9-7-13-4-5-16(9)10-6-11(18-2)15-8-14-10/h6,8-9,13H,3-5,7H2,1-2H3. The van der Waals surface area contributed by atoms with E-state index in [1.54, 1.807) is 20.1 Å². The SMILES string of the molecule is CCOC(=O)C1CNCCN1c1cc(OC)ncn1. The molecule has 0 aliphatic carbocycles. The molecule has 19 heavy (non-hydrogen) atoms. The quantitative estimate of drug-likeness (QED) is 0.758. The molecular formula is C12H18N4O3. The van der Waals surface area contributed by atoms with Crippen LogP contribution in [-0.2, 0) is 9.53 Å². The van der Waals surface area contributed by atoms with Gasteiger partial charge in [-0.25, -0.2) is 14.8 Å². The fourth-order valence-electron chi connectivity index (χ4n) is 2.03. The third kappa shape index (κ3) is 3.11. The number of esters is 1. The first kappa shape index (κ1) is 13.5. The van der Waals surface area contributed by atoms with E-state index in [1.807, 2.05) is 4.90 Å². The highest BCUT2D eigenvalue weighted by Gasteiger charge is 2.30. The maximum absolute atomic E-state index is 12.0. The number of ether oxygens (including phenoxy) is 2. The Morgan fingerprint density at radius 1 is 1.58 bits per heavy atom. The zero-order chi connectivity index (χ0) is 13.7. The topological polar surface area (TPSA) is 76.6 Å². The highest BCUT2D eigenvalue weighted by Crippen LogP contribution is 2.19. The van der Waals surface area contributed by atoms with Crippen LogP contribution in [0, 0.1) is 0 Å². The molecule has 0 saturated carbocycles. The third-order valence-corrected chi connectivity index (χ3v) is 2.93. The van der Waals surface area contributed by atoms with Crippen molar-refractivity contribution in [3.63, 3.8) is 0 Å². The number of carbonyl (C=O) groups is 1. The molecule has 7 nitrogen and oxygen atoms in total. The molecular weight excluding hydrogens is 248 g/mol. The number of carbonyl (C=O) groups excluding carboxylic acids is 1. The largest absolute Gasteiger partial charge is 0.481 e. The lowest BCUT2D eigenvalue weighted by Crippen LogP contribution is -2.56. The molecule has 1 fully saturated rings. The van der Waals surface area contributed by atoms with Gasteiger partial charge in [-0.1, -0.05) is 0 Å². The molecule has 2 heterocycles. The maximum atomic E-state index is 12.0. The van der Waals surface area contributed by atoms with Crippen molar-refractivity contribution in [1.29, 1.82) is 0 Å². The first-order valence-corrected chi connectivity index (χ1v) is 6.26. The monoisotopic (exact) mass is 266 g/mol. The van der Waals surface area contributed by atoms with E-state index >= 15 is 0 Å². The molecule has 1 aromatic rings. The van der Waals surface area contributed by atoms with E-state index in [9.17, 15) is 4.79 Å². The van der Waals surface area contributed by atoms with E-state index in [4.69, 9.17) is 9.47 Å². The second-order valence-corrected chi connectivity index (χ2v) is 4.08. The van der Waals surface area contributed by atoms with Crippen LogP contribution in [0.2, 0.25) is 0 Å². The number of rotatable bonds is 4. The van der Waals surface area contributed by atoms with Crippen molar-refractivity contribution in [3.05, 3.63) is 12.4 Å². The van der Waals surface area contributed by atoms with Crippen LogP contribution in [0.15, 0.2) is 12.4 Å². The summed E-state index contributed by atoms with van der Waals surface area (Å²) < 4.78 is 10.2. The van der Waals surface area contributed by atoms with Gasteiger partial charge in [-0.2, -0.15) is 0 Å². The maximum Gasteiger partial charge on any atom is 0.330 e. The molecule has 1 saturated heterocycles. The molecule has 104 valence electrons. The molecule has 1 aromatic heterocycles. The van der Waals surface area contributed by atoms with Crippen molar-refractivity contribution in [2.45, 2.75) is 13.0 Å². The number of aromatic nitrogens is 2. The Kier molecular flexibility index (Phi) is 4.51. The van der Waals surface area contributed by atoms with Crippen molar-refractivity contribution in [3.8, 4) is 5.88 Å². The van der Waals surface area contributed by atoms with Gasteiger partial charge in [0, 0.05) is 25.7 Å². The predicted octanol–water partition coefficient (Wildman–Crippen LogP) is -0.173. The molecule has 1 atom stereocenters. The minimum absolute atomic E-state index is 0.243. The molecule has 0 amide bonds. The van der Waals surface area contributed by atoms with Gasteiger partial charge in [0.2, 0.25) is 5.88 Å². The molecule has 1 unspecified atom stereocenters. The first-order valence-electron chi connectivity index (χ1n) is 6.26. The summed E-state index contributed by atoms with van der Waals surface area (Å²) in [5.74, 6) is 0.907. The minimum Gasteiger partial charge on any atom is -0.481 e. The van der Waals surface area contributed by atoms with E-state index in [0.29, 0.717) is 31.4 Å². The van der Waals surface area contributed by atoms with E-state index in [1.165, 1.54) is 6.33 Å². The summed E-state index contributed by atoms with van der Waals surface area (Å²) in [6.07, 6.45) is 1.43. The summed E-state index contributed by atoms with van der Waals surface area (Å²) >= 11 is 0. The number of piperazine rings is 1. The van der Waals surface area contributed by atoms with Crippen LogP contribution in [0.4, 0.5) is 5.82 Å². The van der Waals surface area contributed by atoms with Gasteiger partial charge in [0.25, 0.3) is 0 Å². The van der Waals surface area contributed by atoms with Crippen LogP contribution < -0.4 is 15.0 Å². The lowest BCUT2D eigenvalue weighted by atomic mass is 10.2. The summed E-state index contributed by atoms with van der Waals surface area (Å²) in [5, 5.41) is 3.19. The summed E-state index contributed by atoms with van der Waals surface area (Å²) in [7, 11) is 1.55. The van der Waals surface area contributed by atoms with Crippen LogP contribution in [0.1, 0.15) is 6.92 Å². The van der Waals surface area contributed by atoms with Crippen LogP contribution in [0.25, 0.3) is 0 Å². The molecule has 0 radical (unpaired) electrons. The van der Waals surface area contributed by atoms with E-state index in [-0.39, 0.29) is 12.0 Å². The summed E-state index contributed by atoms with van der Waals surface area (Å²) in [6, 6.07) is 1.35. The Bertz CT molecular complexity index is 441. The Morgan fingerprint density at radius 3 is 3.16 bits per heavy atom. The van der Waals surface area contributed by atoms with Gasteiger partial charge in [-0.05, 0) is 6.92 Å². The van der Waals surface area contributed by atoms with Gasteiger partial charge in [0.15, 0.2) is 0 Å². The average molecular weight is 266 g/mol. The van der Waals surface area contributed by atoms with Gasteiger partial charge >= 0.3 is 5.97 Å². The summed E-state index contributed by atoms with van der Waals surface area (Å²) in [4.78, 5) is 22.0. The van der Waals surface area contributed by atoms with Crippen molar-refractivity contribution in [1.82, 2.24) is 15.3 Å². The molecule has 1 N–H and O–H groups in total. The smallest absolute Gasteiger partial charge is 0.330 e. The van der Waals surface area contributed by atoms with E-state index in [0.717, 1.165) is 6.54 Å². The van der Waals surface area contributed by atoms with Crippen LogP contribution in [0.3, 0.4) is 0 Å². The number of nitrogens with zero attached hydrogens (tertiary/aromatic N) is 3. The molecule has 1 aliphatic heterocycles. The molecule has 1 aliphatic rings. The Morgan fingerprint density at radius 2 is 2.42 bits per heavy atom. The number of anilines is 1. The predicted molar refractivity (Wildman–Crippen MR) is 69.2 cm³/mol. The van der Waals surface area contributed by atoms with Crippen molar-refractivity contribution >= 4 is 11.8 Å². The zero-order valence-electron chi connectivity index (χ0n) is 11.1. The number of nitrogens with one attached hydrogen (secondary N) is 1. The second-order valence-electron chi connectivity index (χ2n) is 4.08. The van der Waals surface area contributed by atoms with Gasteiger partial charge < -0.3 is 19.7 Å².